The van der Waals surface area contributed by atoms with E-state index in [2.05, 4.69) is 12.2 Å². The van der Waals surface area contributed by atoms with Gasteiger partial charge in [0.1, 0.15) is 28.5 Å². The van der Waals surface area contributed by atoms with Crippen LogP contribution in [0.15, 0.2) is 57.2 Å². The van der Waals surface area contributed by atoms with E-state index in [0.29, 0.717) is 42.2 Å². The van der Waals surface area contributed by atoms with E-state index in [4.69, 9.17) is 23.4 Å². The van der Waals surface area contributed by atoms with Gasteiger partial charge in [0.2, 0.25) is 0 Å². The number of benzene rings is 2. The van der Waals surface area contributed by atoms with Crippen molar-refractivity contribution in [3.8, 4) is 23.3 Å². The van der Waals surface area contributed by atoms with Crippen molar-refractivity contribution >= 4 is 28.9 Å². The summed E-state index contributed by atoms with van der Waals surface area (Å²) in [4.78, 5) is 37.8. The molecule has 0 saturated carbocycles. The van der Waals surface area contributed by atoms with E-state index in [9.17, 15) is 19.6 Å². The minimum Gasteiger partial charge on any atom is -0.493 e. The summed E-state index contributed by atoms with van der Waals surface area (Å²) in [6, 6.07) is 12.8. The van der Waals surface area contributed by atoms with Crippen LogP contribution in [0.2, 0.25) is 0 Å². The Balaban J connectivity index is 1.43. The fourth-order valence-electron chi connectivity index (χ4n) is 4.49. The van der Waals surface area contributed by atoms with Gasteiger partial charge in [0.15, 0.2) is 11.5 Å². The number of rotatable bonds is 13. The van der Waals surface area contributed by atoms with Crippen molar-refractivity contribution in [1.82, 2.24) is 5.32 Å². The smallest absolute Gasteiger partial charge is 0.354 e. The Kier molecular flexibility index (Phi) is 10.7. The van der Waals surface area contributed by atoms with E-state index < -0.39 is 17.5 Å². The summed E-state index contributed by atoms with van der Waals surface area (Å²) in [6.07, 6.45) is 7.44. The standard InChI is InChI=1S/C32H34N2O8/c1-3-4-5-6-13-40-27-12-9-21(16-29(27)38-2)15-23(19-33)31(36)41-24-11-10-22-17-26(32(37)42-28(22)18-24)30(35)34-20-25-8-7-14-39-25/h9-12,15-18,25H,3-8,13-14,20H2,1-2H3,(H,34,35)/b23-15+. The largest absolute Gasteiger partial charge is 0.493 e. The lowest BCUT2D eigenvalue weighted by atomic mass is 10.1. The molecule has 2 heterocycles. The van der Waals surface area contributed by atoms with Crippen molar-refractivity contribution in [2.75, 3.05) is 26.9 Å². The van der Waals surface area contributed by atoms with Gasteiger partial charge in [-0.3, -0.25) is 4.79 Å². The number of esters is 1. The first-order valence-corrected chi connectivity index (χ1v) is 14.0. The van der Waals surface area contributed by atoms with Crippen LogP contribution in [0.1, 0.15) is 61.4 Å². The fourth-order valence-corrected chi connectivity index (χ4v) is 4.49. The van der Waals surface area contributed by atoms with E-state index in [1.807, 2.05) is 6.07 Å². The molecule has 0 radical (unpaired) electrons. The van der Waals surface area contributed by atoms with Crippen LogP contribution in [0.3, 0.4) is 0 Å². The second-order valence-electron chi connectivity index (χ2n) is 9.87. The van der Waals surface area contributed by atoms with Crippen molar-refractivity contribution in [3.63, 3.8) is 0 Å². The van der Waals surface area contributed by atoms with Crippen LogP contribution in [-0.2, 0) is 9.53 Å². The Morgan fingerprint density at radius 1 is 1.12 bits per heavy atom. The highest BCUT2D eigenvalue weighted by Crippen LogP contribution is 2.29. The Morgan fingerprint density at radius 3 is 2.71 bits per heavy atom. The Hall–Kier alpha value is -4.62. The summed E-state index contributed by atoms with van der Waals surface area (Å²) in [7, 11) is 1.52. The van der Waals surface area contributed by atoms with E-state index >= 15 is 0 Å². The monoisotopic (exact) mass is 574 g/mol. The van der Waals surface area contributed by atoms with Crippen LogP contribution in [-0.4, -0.2) is 44.8 Å². The first-order chi connectivity index (χ1) is 20.4. The molecule has 1 atom stereocenters. The van der Waals surface area contributed by atoms with Gasteiger partial charge in [-0.1, -0.05) is 32.3 Å². The number of carbonyl (C=O) groups excluding carboxylic acids is 2. The van der Waals surface area contributed by atoms with E-state index in [0.717, 1.165) is 38.5 Å². The molecule has 220 valence electrons. The van der Waals surface area contributed by atoms with Crippen LogP contribution in [0.4, 0.5) is 0 Å². The van der Waals surface area contributed by atoms with E-state index in [1.54, 1.807) is 24.3 Å². The zero-order chi connectivity index (χ0) is 29.9. The molecule has 0 spiro atoms. The lowest BCUT2D eigenvalue weighted by Crippen LogP contribution is -2.34. The number of ether oxygens (including phenoxy) is 4. The lowest BCUT2D eigenvalue weighted by molar-refractivity contribution is -0.129. The summed E-state index contributed by atoms with van der Waals surface area (Å²) in [6.45, 7) is 3.68. The van der Waals surface area contributed by atoms with Crippen molar-refractivity contribution < 1.29 is 33.0 Å². The second kappa shape index (κ2) is 14.8. The predicted octanol–water partition coefficient (Wildman–Crippen LogP) is 5.18. The van der Waals surface area contributed by atoms with Crippen LogP contribution < -0.4 is 25.2 Å². The quantitative estimate of drug-likeness (QED) is 0.0731. The predicted molar refractivity (Wildman–Crippen MR) is 156 cm³/mol. The second-order valence-corrected chi connectivity index (χ2v) is 9.87. The fraction of sp³-hybridized carbons (Fsp3) is 0.375. The molecule has 42 heavy (non-hydrogen) atoms. The van der Waals surface area contributed by atoms with E-state index in [1.165, 1.54) is 31.4 Å². The molecule has 1 unspecified atom stereocenters. The number of hydrogen-bond acceptors (Lipinski definition) is 9. The number of nitrogens with one attached hydrogen (secondary N) is 1. The van der Waals surface area contributed by atoms with Crippen LogP contribution in [0.5, 0.6) is 17.2 Å². The molecular weight excluding hydrogens is 540 g/mol. The number of fused-ring (bicyclic) bond motifs is 1. The molecule has 0 aliphatic carbocycles. The normalized spacial score (nSPS) is 14.8. The molecule has 1 saturated heterocycles. The number of nitriles is 1. The van der Waals surface area contributed by atoms with E-state index in [-0.39, 0.29) is 28.6 Å². The van der Waals surface area contributed by atoms with Crippen LogP contribution in [0, 0.1) is 11.3 Å². The summed E-state index contributed by atoms with van der Waals surface area (Å²) >= 11 is 0. The summed E-state index contributed by atoms with van der Waals surface area (Å²) < 4.78 is 27.5. The van der Waals surface area contributed by atoms with Crippen molar-refractivity contribution in [3.05, 3.63) is 69.6 Å². The lowest BCUT2D eigenvalue weighted by Gasteiger charge is -2.11. The third-order valence-corrected chi connectivity index (χ3v) is 6.77. The van der Waals surface area contributed by atoms with Gasteiger partial charge in [-0.25, -0.2) is 9.59 Å². The molecule has 3 aromatic rings. The highest BCUT2D eigenvalue weighted by atomic mass is 16.5. The Bertz CT molecular complexity index is 1550. The van der Waals surface area contributed by atoms with Gasteiger partial charge in [-0.05, 0) is 61.2 Å². The van der Waals surface area contributed by atoms with Gasteiger partial charge in [0.25, 0.3) is 5.91 Å². The molecule has 1 fully saturated rings. The molecular formula is C32H34N2O8. The van der Waals surface area contributed by atoms with Crippen molar-refractivity contribution in [2.24, 2.45) is 0 Å². The number of hydrogen-bond donors (Lipinski definition) is 1. The van der Waals surface area contributed by atoms with Gasteiger partial charge >= 0.3 is 11.6 Å². The number of amides is 1. The number of nitrogens with zero attached hydrogens (tertiary/aromatic N) is 1. The van der Waals surface area contributed by atoms with Crippen LogP contribution >= 0.6 is 0 Å². The van der Waals surface area contributed by atoms with Gasteiger partial charge in [0.05, 0.1) is 19.8 Å². The van der Waals surface area contributed by atoms with Gasteiger partial charge in [0, 0.05) is 24.6 Å². The molecule has 10 nitrogen and oxygen atoms in total. The maximum atomic E-state index is 12.8. The highest BCUT2D eigenvalue weighted by molar-refractivity contribution is 6.00. The molecule has 1 aromatic heterocycles. The molecule has 1 aliphatic heterocycles. The first-order valence-electron chi connectivity index (χ1n) is 14.0. The molecule has 0 bridgehead atoms. The molecule has 1 N–H and O–H groups in total. The summed E-state index contributed by atoms with van der Waals surface area (Å²) in [5.41, 5.74) is -0.531. The van der Waals surface area contributed by atoms with Crippen molar-refractivity contribution in [1.29, 1.82) is 5.26 Å². The zero-order valence-electron chi connectivity index (χ0n) is 23.8. The topological polar surface area (TPSA) is 137 Å². The SMILES string of the molecule is CCCCCCOc1ccc(/C=C(\C#N)C(=O)Oc2ccc3cc(C(=O)NCC4CCCO4)c(=O)oc3c2)cc1OC. The molecule has 1 aliphatic rings. The maximum Gasteiger partial charge on any atom is 0.354 e. The van der Waals surface area contributed by atoms with Gasteiger partial charge in [-0.15, -0.1) is 0 Å². The summed E-state index contributed by atoms with van der Waals surface area (Å²) in [5, 5.41) is 12.8. The average Bonchev–Trinajstić information content (AvgIpc) is 3.52. The number of unbranched alkanes of at least 4 members (excludes halogenated alkanes) is 3. The molecule has 4 rings (SSSR count). The van der Waals surface area contributed by atoms with Gasteiger partial charge in [-0.2, -0.15) is 5.26 Å². The Morgan fingerprint density at radius 2 is 1.98 bits per heavy atom. The summed E-state index contributed by atoms with van der Waals surface area (Å²) in [5.74, 6) is -0.317. The minimum absolute atomic E-state index is 0.0634. The van der Waals surface area contributed by atoms with Crippen LogP contribution in [0.25, 0.3) is 17.0 Å². The molecule has 10 heteroatoms. The van der Waals surface area contributed by atoms with Gasteiger partial charge < -0.3 is 28.7 Å². The van der Waals surface area contributed by atoms with Crippen molar-refractivity contribution in [2.45, 2.75) is 51.6 Å². The third-order valence-electron chi connectivity index (χ3n) is 6.77. The molecule has 2 aromatic carbocycles. The third kappa shape index (κ3) is 7.98. The zero-order valence-corrected chi connectivity index (χ0v) is 23.8. The number of methoxy groups -OCH3 is 1. The Labute approximate surface area is 243 Å². The molecule has 1 amide bonds. The number of carbonyl (C=O) groups is 2. The minimum atomic E-state index is -0.889. The highest BCUT2D eigenvalue weighted by Gasteiger charge is 2.20. The maximum absolute atomic E-state index is 12.8. The first kappa shape index (κ1) is 30.3. The average molecular weight is 575 g/mol.